The first-order valence-electron chi connectivity index (χ1n) is 6.07. The molecule has 1 aromatic rings. The van der Waals surface area contributed by atoms with Gasteiger partial charge < -0.3 is 10.1 Å². The Hall–Kier alpha value is -0.680. The third-order valence-electron chi connectivity index (χ3n) is 2.74. The smallest absolute Gasteiger partial charge is 0.293 e. The Labute approximate surface area is 101 Å². The van der Waals surface area contributed by atoms with Crippen LogP contribution in [0.25, 0.3) is 0 Å². The fourth-order valence-corrected chi connectivity index (χ4v) is 2.44. The number of aryl methyl sites for hydroxylation is 1. The van der Waals surface area contributed by atoms with Crippen molar-refractivity contribution in [2.75, 3.05) is 13.2 Å². The van der Waals surface area contributed by atoms with Crippen LogP contribution in [-0.2, 0) is 6.42 Å². The fourth-order valence-electron chi connectivity index (χ4n) is 1.86. The predicted molar refractivity (Wildman–Crippen MR) is 65.0 cm³/mol. The van der Waals surface area contributed by atoms with Gasteiger partial charge >= 0.3 is 0 Å². The van der Waals surface area contributed by atoms with Crippen LogP contribution in [0.15, 0.2) is 0 Å². The van der Waals surface area contributed by atoms with Crippen LogP contribution in [-0.4, -0.2) is 28.6 Å². The minimum absolute atomic E-state index is 0.493. The maximum atomic E-state index is 5.65. The summed E-state index contributed by atoms with van der Waals surface area (Å²) in [6.45, 7) is 3.97. The Balaban J connectivity index is 1.75. The minimum atomic E-state index is 0.493. The molecule has 1 aliphatic heterocycles. The summed E-state index contributed by atoms with van der Waals surface area (Å²) < 4.78 is 9.91. The summed E-state index contributed by atoms with van der Waals surface area (Å²) >= 11 is 1.37. The molecule has 1 aromatic heterocycles. The average molecular weight is 241 g/mol. The van der Waals surface area contributed by atoms with Gasteiger partial charge in [-0.3, -0.25) is 0 Å². The Morgan fingerprint density at radius 2 is 2.44 bits per heavy atom. The summed E-state index contributed by atoms with van der Waals surface area (Å²) in [7, 11) is 0. The summed E-state index contributed by atoms with van der Waals surface area (Å²) in [5.41, 5.74) is 0. The lowest BCUT2D eigenvalue weighted by molar-refractivity contribution is 0.238. The first kappa shape index (κ1) is 11.8. The zero-order valence-electron chi connectivity index (χ0n) is 9.74. The Morgan fingerprint density at radius 1 is 1.50 bits per heavy atom. The summed E-state index contributed by atoms with van der Waals surface area (Å²) in [6.07, 6.45) is 5.83. The van der Waals surface area contributed by atoms with Crippen LogP contribution in [0.3, 0.4) is 0 Å². The van der Waals surface area contributed by atoms with Crippen molar-refractivity contribution in [3.05, 3.63) is 5.82 Å². The van der Waals surface area contributed by atoms with Gasteiger partial charge in [-0.2, -0.15) is 9.36 Å². The number of hydrogen-bond acceptors (Lipinski definition) is 5. The molecule has 2 heterocycles. The SMILES string of the molecule is CCCc1nsc(OCC2CCCCN2)n1. The van der Waals surface area contributed by atoms with Gasteiger partial charge in [-0.15, -0.1) is 0 Å². The zero-order valence-corrected chi connectivity index (χ0v) is 10.6. The topological polar surface area (TPSA) is 47.0 Å². The normalized spacial score (nSPS) is 20.9. The third-order valence-corrected chi connectivity index (χ3v) is 3.41. The van der Waals surface area contributed by atoms with E-state index in [9.17, 15) is 0 Å². The summed E-state index contributed by atoms with van der Waals surface area (Å²) in [6, 6.07) is 0.493. The number of rotatable bonds is 5. The Bertz CT molecular complexity index is 310. The van der Waals surface area contributed by atoms with Gasteiger partial charge in [-0.1, -0.05) is 13.3 Å². The van der Waals surface area contributed by atoms with Crippen molar-refractivity contribution in [1.29, 1.82) is 0 Å². The molecule has 90 valence electrons. The number of nitrogens with one attached hydrogen (secondary N) is 1. The first-order valence-corrected chi connectivity index (χ1v) is 6.84. The number of piperidine rings is 1. The lowest BCUT2D eigenvalue weighted by Crippen LogP contribution is -2.38. The van der Waals surface area contributed by atoms with Gasteiger partial charge in [0.15, 0.2) is 0 Å². The lowest BCUT2D eigenvalue weighted by atomic mass is 10.1. The van der Waals surface area contributed by atoms with Crippen LogP contribution in [0.5, 0.6) is 5.19 Å². The standard InChI is InChI=1S/C11H19N3OS/c1-2-5-10-13-11(16-14-10)15-8-9-6-3-4-7-12-9/h9,12H,2-8H2,1H3. The van der Waals surface area contributed by atoms with Gasteiger partial charge in [0, 0.05) is 24.0 Å². The van der Waals surface area contributed by atoms with Crippen LogP contribution < -0.4 is 10.1 Å². The monoisotopic (exact) mass is 241 g/mol. The van der Waals surface area contributed by atoms with Crippen molar-refractivity contribution in [3.8, 4) is 5.19 Å². The molecule has 1 fully saturated rings. The summed E-state index contributed by atoms with van der Waals surface area (Å²) in [4.78, 5) is 4.34. The number of aromatic nitrogens is 2. The molecular weight excluding hydrogens is 222 g/mol. The van der Waals surface area contributed by atoms with Crippen LogP contribution in [0.1, 0.15) is 38.4 Å². The highest BCUT2D eigenvalue weighted by molar-refractivity contribution is 7.07. The van der Waals surface area contributed by atoms with E-state index in [0.29, 0.717) is 6.04 Å². The van der Waals surface area contributed by atoms with E-state index in [1.807, 2.05) is 0 Å². The van der Waals surface area contributed by atoms with Crippen molar-refractivity contribution >= 4 is 11.5 Å². The molecule has 0 amide bonds. The highest BCUT2D eigenvalue weighted by Crippen LogP contribution is 2.16. The molecule has 0 radical (unpaired) electrons. The molecule has 0 aromatic carbocycles. The van der Waals surface area contributed by atoms with Crippen molar-refractivity contribution in [1.82, 2.24) is 14.7 Å². The Kier molecular flexibility index (Phi) is 4.54. The maximum absolute atomic E-state index is 5.65. The van der Waals surface area contributed by atoms with Crippen molar-refractivity contribution in [2.45, 2.75) is 45.1 Å². The minimum Gasteiger partial charge on any atom is -0.467 e. The van der Waals surface area contributed by atoms with E-state index in [2.05, 4.69) is 21.6 Å². The van der Waals surface area contributed by atoms with E-state index in [1.54, 1.807) is 0 Å². The van der Waals surface area contributed by atoms with E-state index in [0.717, 1.165) is 37.0 Å². The molecule has 0 bridgehead atoms. The predicted octanol–water partition coefficient (Wildman–Crippen LogP) is 2.01. The molecule has 2 rings (SSSR count). The quantitative estimate of drug-likeness (QED) is 0.856. The van der Waals surface area contributed by atoms with Crippen molar-refractivity contribution < 1.29 is 4.74 Å². The van der Waals surface area contributed by atoms with Crippen LogP contribution >= 0.6 is 11.5 Å². The van der Waals surface area contributed by atoms with Gasteiger partial charge in [0.05, 0.1) is 0 Å². The molecule has 1 aliphatic rings. The van der Waals surface area contributed by atoms with E-state index in [4.69, 9.17) is 4.74 Å². The van der Waals surface area contributed by atoms with Crippen molar-refractivity contribution in [3.63, 3.8) is 0 Å². The molecule has 16 heavy (non-hydrogen) atoms. The van der Waals surface area contributed by atoms with Gasteiger partial charge in [0.1, 0.15) is 12.4 Å². The van der Waals surface area contributed by atoms with E-state index >= 15 is 0 Å². The van der Waals surface area contributed by atoms with E-state index in [-0.39, 0.29) is 0 Å². The number of hydrogen-bond donors (Lipinski definition) is 1. The summed E-state index contributed by atoms with van der Waals surface area (Å²) in [5.74, 6) is 0.916. The molecule has 0 saturated carbocycles. The zero-order chi connectivity index (χ0) is 11.2. The van der Waals surface area contributed by atoms with Gasteiger partial charge in [-0.25, -0.2) is 0 Å². The van der Waals surface area contributed by atoms with Crippen LogP contribution in [0.4, 0.5) is 0 Å². The molecule has 0 aliphatic carbocycles. The molecular formula is C11H19N3OS. The van der Waals surface area contributed by atoms with Gasteiger partial charge in [0.25, 0.3) is 5.19 Å². The highest BCUT2D eigenvalue weighted by Gasteiger charge is 2.14. The second-order valence-corrected chi connectivity index (χ2v) is 4.90. The van der Waals surface area contributed by atoms with Crippen LogP contribution in [0.2, 0.25) is 0 Å². The molecule has 1 atom stereocenters. The average Bonchev–Trinajstić information content (AvgIpc) is 2.76. The molecule has 4 nitrogen and oxygen atoms in total. The fraction of sp³-hybridized carbons (Fsp3) is 0.818. The molecule has 1 N–H and O–H groups in total. The highest BCUT2D eigenvalue weighted by atomic mass is 32.1. The summed E-state index contributed by atoms with van der Waals surface area (Å²) in [5, 5.41) is 4.17. The lowest BCUT2D eigenvalue weighted by Gasteiger charge is -2.22. The van der Waals surface area contributed by atoms with E-state index < -0.39 is 0 Å². The number of ether oxygens (including phenoxy) is 1. The van der Waals surface area contributed by atoms with Crippen LogP contribution in [0, 0.1) is 0 Å². The largest absolute Gasteiger partial charge is 0.467 e. The first-order chi connectivity index (χ1) is 7.88. The number of nitrogens with zero attached hydrogens (tertiary/aromatic N) is 2. The van der Waals surface area contributed by atoms with Gasteiger partial charge in [-0.05, 0) is 25.8 Å². The molecule has 1 unspecified atom stereocenters. The van der Waals surface area contributed by atoms with Gasteiger partial charge in [0.2, 0.25) is 0 Å². The van der Waals surface area contributed by atoms with Crippen molar-refractivity contribution in [2.24, 2.45) is 0 Å². The second-order valence-electron chi connectivity index (χ2n) is 4.18. The second kappa shape index (κ2) is 6.15. The Morgan fingerprint density at radius 3 is 3.19 bits per heavy atom. The molecule has 5 heteroatoms. The third kappa shape index (κ3) is 3.42. The maximum Gasteiger partial charge on any atom is 0.293 e. The van der Waals surface area contributed by atoms with E-state index in [1.165, 1.54) is 30.8 Å². The molecule has 0 spiro atoms. The molecule has 1 saturated heterocycles.